The van der Waals surface area contributed by atoms with Gasteiger partial charge in [0.25, 0.3) is 0 Å². The Kier molecular flexibility index (Phi) is 7.61. The van der Waals surface area contributed by atoms with Crippen molar-refractivity contribution in [2.75, 3.05) is 32.7 Å². The third-order valence-corrected chi connectivity index (χ3v) is 8.93. The van der Waals surface area contributed by atoms with Crippen LogP contribution in [0.3, 0.4) is 0 Å². The number of aliphatic carboxylic acids is 1. The van der Waals surface area contributed by atoms with E-state index in [4.69, 9.17) is 4.42 Å². The summed E-state index contributed by atoms with van der Waals surface area (Å²) in [6.45, 7) is 4.82. The van der Waals surface area contributed by atoms with Crippen LogP contribution in [0, 0.1) is 11.8 Å². The van der Waals surface area contributed by atoms with Crippen LogP contribution in [0.15, 0.2) is 71.3 Å². The first-order valence-corrected chi connectivity index (χ1v) is 14.3. The number of benzene rings is 2. The molecule has 1 N–H and O–H groups in total. The first kappa shape index (κ1) is 25.3. The molecule has 6 heteroatoms. The van der Waals surface area contributed by atoms with Gasteiger partial charge in [-0.2, -0.15) is 0 Å². The van der Waals surface area contributed by atoms with E-state index in [-0.39, 0.29) is 6.04 Å². The Balaban J connectivity index is 1.08. The quantitative estimate of drug-likeness (QED) is 0.391. The molecule has 0 radical (unpaired) electrons. The lowest BCUT2D eigenvalue weighted by atomic mass is 9.87. The van der Waals surface area contributed by atoms with E-state index in [0.29, 0.717) is 23.7 Å². The van der Waals surface area contributed by atoms with E-state index >= 15 is 0 Å². The van der Waals surface area contributed by atoms with Crippen LogP contribution < -0.4 is 0 Å². The van der Waals surface area contributed by atoms with Gasteiger partial charge in [-0.15, -0.1) is 0 Å². The molecule has 0 spiro atoms. The van der Waals surface area contributed by atoms with E-state index in [0.717, 1.165) is 70.1 Å². The molecule has 200 valence electrons. The molecule has 3 aliphatic rings. The highest BCUT2D eigenvalue weighted by molar-refractivity contribution is 5.73. The highest BCUT2D eigenvalue weighted by atomic mass is 16.4. The average Bonchev–Trinajstić information content (AvgIpc) is 3.50. The Bertz CT molecular complexity index is 1180. The van der Waals surface area contributed by atoms with Crippen molar-refractivity contribution in [2.45, 2.75) is 56.4 Å². The molecule has 1 aromatic heterocycles. The Labute approximate surface area is 225 Å². The molecule has 3 atom stereocenters. The van der Waals surface area contributed by atoms with Crippen LogP contribution in [0.2, 0.25) is 0 Å². The molecule has 2 aromatic carbocycles. The van der Waals surface area contributed by atoms with Gasteiger partial charge in [0.2, 0.25) is 0 Å². The Morgan fingerprint density at radius 1 is 0.974 bits per heavy atom. The van der Waals surface area contributed by atoms with Crippen LogP contribution in [0.25, 0.3) is 0 Å². The largest absolute Gasteiger partial charge is 0.480 e. The molecule has 3 aromatic rings. The van der Waals surface area contributed by atoms with Crippen molar-refractivity contribution in [2.24, 2.45) is 11.8 Å². The number of carbonyl (C=O) groups is 1. The van der Waals surface area contributed by atoms with E-state index in [1.165, 1.54) is 24.0 Å². The van der Waals surface area contributed by atoms with Crippen LogP contribution in [0.4, 0.5) is 0 Å². The van der Waals surface area contributed by atoms with Crippen LogP contribution in [-0.2, 0) is 11.2 Å². The summed E-state index contributed by atoms with van der Waals surface area (Å²) in [6, 6.07) is 20.7. The van der Waals surface area contributed by atoms with Crippen molar-refractivity contribution in [1.29, 1.82) is 0 Å². The SMILES string of the molecule is O=C(O)[C@@H](CC1CC1)N1C[C@H](CN2CCC(c3cnc(Cc4ccccc4)o3)CC2)[C@@H](c2ccccc2)C1. The van der Waals surface area contributed by atoms with Gasteiger partial charge in [0, 0.05) is 37.9 Å². The van der Waals surface area contributed by atoms with Gasteiger partial charge in [-0.05, 0) is 55.3 Å². The number of piperidine rings is 1. The third-order valence-electron chi connectivity index (χ3n) is 8.93. The highest BCUT2D eigenvalue weighted by Crippen LogP contribution is 2.40. The smallest absolute Gasteiger partial charge is 0.320 e. The lowest BCUT2D eigenvalue weighted by Gasteiger charge is -2.34. The van der Waals surface area contributed by atoms with Crippen molar-refractivity contribution in [3.63, 3.8) is 0 Å². The van der Waals surface area contributed by atoms with Crippen LogP contribution >= 0.6 is 0 Å². The molecule has 0 unspecified atom stereocenters. The molecular formula is C32H39N3O3. The molecular weight excluding hydrogens is 474 g/mol. The molecule has 38 heavy (non-hydrogen) atoms. The molecule has 2 saturated heterocycles. The minimum atomic E-state index is -0.649. The maximum absolute atomic E-state index is 12.2. The highest BCUT2D eigenvalue weighted by Gasteiger charge is 2.42. The lowest BCUT2D eigenvalue weighted by Crippen LogP contribution is -2.41. The van der Waals surface area contributed by atoms with E-state index in [1.807, 2.05) is 12.3 Å². The first-order chi connectivity index (χ1) is 18.6. The summed E-state index contributed by atoms with van der Waals surface area (Å²) in [4.78, 5) is 21.6. The van der Waals surface area contributed by atoms with Gasteiger partial charge in [0.05, 0.1) is 6.20 Å². The van der Waals surface area contributed by atoms with Gasteiger partial charge in [0.15, 0.2) is 5.89 Å². The second kappa shape index (κ2) is 11.4. The molecule has 1 saturated carbocycles. The number of carboxylic acids is 1. The fraction of sp³-hybridized carbons (Fsp3) is 0.500. The fourth-order valence-corrected chi connectivity index (χ4v) is 6.59. The van der Waals surface area contributed by atoms with Gasteiger partial charge in [-0.25, -0.2) is 4.98 Å². The zero-order valence-corrected chi connectivity index (χ0v) is 22.1. The minimum Gasteiger partial charge on any atom is -0.480 e. The minimum absolute atomic E-state index is 0.346. The average molecular weight is 514 g/mol. The van der Waals surface area contributed by atoms with Gasteiger partial charge >= 0.3 is 5.97 Å². The summed E-state index contributed by atoms with van der Waals surface area (Å²) in [7, 11) is 0. The van der Waals surface area contributed by atoms with E-state index in [2.05, 4.69) is 69.4 Å². The molecule has 6 rings (SSSR count). The molecule has 0 amide bonds. The van der Waals surface area contributed by atoms with E-state index in [9.17, 15) is 9.90 Å². The zero-order chi connectivity index (χ0) is 25.9. The predicted octanol–water partition coefficient (Wildman–Crippen LogP) is 5.41. The number of oxazole rings is 1. The number of nitrogens with zero attached hydrogens (tertiary/aromatic N) is 3. The molecule has 6 nitrogen and oxygen atoms in total. The van der Waals surface area contributed by atoms with Crippen molar-refractivity contribution in [3.05, 3.63) is 89.6 Å². The number of hydrogen-bond donors (Lipinski definition) is 1. The fourth-order valence-electron chi connectivity index (χ4n) is 6.59. The van der Waals surface area contributed by atoms with Gasteiger partial charge < -0.3 is 14.4 Å². The molecule has 0 bridgehead atoms. The summed E-state index contributed by atoms with van der Waals surface area (Å²) < 4.78 is 6.18. The Morgan fingerprint density at radius 2 is 1.68 bits per heavy atom. The van der Waals surface area contributed by atoms with Gasteiger partial charge in [0.1, 0.15) is 11.8 Å². The van der Waals surface area contributed by atoms with Crippen molar-refractivity contribution in [3.8, 4) is 0 Å². The maximum atomic E-state index is 12.2. The van der Waals surface area contributed by atoms with Crippen LogP contribution in [0.5, 0.6) is 0 Å². The topological polar surface area (TPSA) is 69.8 Å². The normalized spacial score (nSPS) is 24.0. The number of aromatic nitrogens is 1. The summed E-state index contributed by atoms with van der Waals surface area (Å²) >= 11 is 0. The molecule has 1 aliphatic carbocycles. The second-order valence-electron chi connectivity index (χ2n) is 11.7. The summed E-state index contributed by atoms with van der Waals surface area (Å²) in [5, 5.41) is 10.0. The maximum Gasteiger partial charge on any atom is 0.320 e. The first-order valence-electron chi connectivity index (χ1n) is 14.3. The van der Waals surface area contributed by atoms with Crippen LogP contribution in [-0.4, -0.2) is 64.6 Å². The number of rotatable bonds is 10. The molecule has 3 heterocycles. The third kappa shape index (κ3) is 6.02. The summed E-state index contributed by atoms with van der Waals surface area (Å²) in [6.07, 6.45) is 8.01. The van der Waals surface area contributed by atoms with Crippen molar-refractivity contribution in [1.82, 2.24) is 14.8 Å². The molecule has 3 fully saturated rings. The molecule has 2 aliphatic heterocycles. The van der Waals surface area contributed by atoms with Crippen molar-refractivity contribution >= 4 is 5.97 Å². The Hall–Kier alpha value is -2.96. The van der Waals surface area contributed by atoms with Crippen molar-refractivity contribution < 1.29 is 14.3 Å². The number of likely N-dealkylation sites (tertiary alicyclic amines) is 2. The standard InChI is InChI=1S/C32H39N3O3/c36-32(37)29(17-24-11-12-24)35-21-27(28(22-35)25-9-5-2-6-10-25)20-34-15-13-26(14-16-34)30-19-33-31(38-30)18-23-7-3-1-4-8-23/h1-10,19,24,26-29H,11-18,20-22H2,(H,36,37)/t27-,28+,29+/m0/s1. The lowest BCUT2D eigenvalue weighted by molar-refractivity contribution is -0.143. The van der Waals surface area contributed by atoms with E-state index in [1.54, 1.807) is 0 Å². The second-order valence-corrected chi connectivity index (χ2v) is 11.7. The van der Waals surface area contributed by atoms with Gasteiger partial charge in [-0.1, -0.05) is 73.5 Å². The van der Waals surface area contributed by atoms with Gasteiger partial charge in [-0.3, -0.25) is 9.69 Å². The Morgan fingerprint density at radius 3 is 2.37 bits per heavy atom. The van der Waals surface area contributed by atoms with Crippen LogP contribution in [0.1, 0.15) is 66.7 Å². The summed E-state index contributed by atoms with van der Waals surface area (Å²) in [5.41, 5.74) is 2.56. The number of carboxylic acid groups (broad SMARTS) is 1. The predicted molar refractivity (Wildman–Crippen MR) is 147 cm³/mol. The summed E-state index contributed by atoms with van der Waals surface area (Å²) in [5.74, 6) is 3.02. The monoisotopic (exact) mass is 513 g/mol. The zero-order valence-electron chi connectivity index (χ0n) is 22.1. The van der Waals surface area contributed by atoms with E-state index < -0.39 is 5.97 Å². The number of hydrogen-bond acceptors (Lipinski definition) is 5.